The van der Waals surface area contributed by atoms with Crippen molar-refractivity contribution in [2.45, 2.75) is 0 Å². The maximum Gasteiger partial charge on any atom is 0.267 e. The van der Waals surface area contributed by atoms with Crippen molar-refractivity contribution in [1.82, 2.24) is 14.9 Å². The van der Waals surface area contributed by atoms with Gasteiger partial charge in [-0.15, -0.1) is 0 Å². The van der Waals surface area contributed by atoms with Crippen molar-refractivity contribution in [2.24, 2.45) is 5.73 Å². The van der Waals surface area contributed by atoms with Crippen LogP contribution in [0.3, 0.4) is 0 Å². The maximum absolute atomic E-state index is 14.8. The zero-order valence-electron chi connectivity index (χ0n) is 20.4. The summed E-state index contributed by atoms with van der Waals surface area (Å²) in [6.07, 6.45) is 3.17. The maximum atomic E-state index is 14.8. The third kappa shape index (κ3) is 5.55. The largest absolute Gasteiger partial charge is 0.490 e. The number of carbonyl (C=O) groups excluding carboxylic acids is 2. The highest BCUT2D eigenvalue weighted by molar-refractivity contribution is 5.98. The number of hydrogen-bond acceptors (Lipinski definition) is 7. The lowest BCUT2D eigenvalue weighted by atomic mass is 10.0. The number of ether oxygens (including phenoxy) is 3. The van der Waals surface area contributed by atoms with Gasteiger partial charge in [0.2, 0.25) is 0 Å². The summed E-state index contributed by atoms with van der Waals surface area (Å²) in [6, 6.07) is 14.6. The van der Waals surface area contributed by atoms with Crippen LogP contribution in [0.25, 0.3) is 22.0 Å². The van der Waals surface area contributed by atoms with E-state index in [9.17, 15) is 14.0 Å². The van der Waals surface area contributed by atoms with Crippen molar-refractivity contribution in [2.75, 3.05) is 39.5 Å². The minimum absolute atomic E-state index is 0.0366. The first kappa shape index (κ1) is 25.1. The normalized spacial score (nSPS) is 13.3. The zero-order valence-corrected chi connectivity index (χ0v) is 20.4. The van der Waals surface area contributed by atoms with E-state index in [4.69, 9.17) is 19.9 Å². The number of halogens is 1. The third-order valence-corrected chi connectivity index (χ3v) is 6.10. The van der Waals surface area contributed by atoms with Gasteiger partial charge in [0.05, 0.1) is 18.7 Å². The molecule has 194 valence electrons. The summed E-state index contributed by atoms with van der Waals surface area (Å²) in [5.74, 6) is -0.594. The van der Waals surface area contributed by atoms with Gasteiger partial charge in [0.25, 0.3) is 11.8 Å². The van der Waals surface area contributed by atoms with E-state index in [1.165, 1.54) is 18.2 Å². The first-order valence-electron chi connectivity index (χ1n) is 12.1. The Kier molecular flexibility index (Phi) is 7.41. The number of morpholine rings is 1. The number of nitrogens with zero attached hydrogens (tertiary/aromatic N) is 3. The standard InChI is InChI=1S/C28H25FN4O5/c29-23-15-19(22-17-31-16-20-3-7-24(27(30)34)32-26(20)22)4-8-25(23)38-14-13-37-21-5-1-18(2-6-21)28(35)33-9-11-36-12-10-33/h1-8,15-17H,9-14H2,(H2,30,34). The molecule has 38 heavy (non-hydrogen) atoms. The molecular formula is C28H25FN4O5. The second-order valence-corrected chi connectivity index (χ2v) is 8.59. The topological polar surface area (TPSA) is 117 Å². The number of rotatable bonds is 8. The van der Waals surface area contributed by atoms with E-state index in [1.54, 1.807) is 53.7 Å². The molecule has 2 aromatic heterocycles. The molecule has 0 bridgehead atoms. The summed E-state index contributed by atoms with van der Waals surface area (Å²) in [6.45, 7) is 2.56. The number of pyridine rings is 2. The van der Waals surface area contributed by atoms with E-state index in [0.29, 0.717) is 59.6 Å². The number of aromatic nitrogens is 2. The molecule has 0 spiro atoms. The van der Waals surface area contributed by atoms with Crippen molar-refractivity contribution in [3.63, 3.8) is 0 Å². The number of nitrogens with two attached hydrogens (primary N) is 1. The van der Waals surface area contributed by atoms with Gasteiger partial charge >= 0.3 is 0 Å². The smallest absolute Gasteiger partial charge is 0.267 e. The fourth-order valence-electron chi connectivity index (χ4n) is 4.13. The first-order chi connectivity index (χ1) is 18.5. The molecule has 0 unspecified atom stereocenters. The number of primary amides is 1. The van der Waals surface area contributed by atoms with Crippen molar-refractivity contribution >= 4 is 22.7 Å². The average Bonchev–Trinajstić information content (AvgIpc) is 2.95. The van der Waals surface area contributed by atoms with Crippen LogP contribution in [0.15, 0.2) is 67.0 Å². The molecule has 2 amide bonds. The number of amides is 2. The highest BCUT2D eigenvalue weighted by Gasteiger charge is 2.18. The van der Waals surface area contributed by atoms with Crippen LogP contribution in [0.5, 0.6) is 11.5 Å². The highest BCUT2D eigenvalue weighted by Crippen LogP contribution is 2.30. The zero-order chi connectivity index (χ0) is 26.5. The van der Waals surface area contributed by atoms with Crippen molar-refractivity contribution in [3.8, 4) is 22.6 Å². The van der Waals surface area contributed by atoms with Crippen LogP contribution in [-0.4, -0.2) is 66.2 Å². The summed E-state index contributed by atoms with van der Waals surface area (Å²) < 4.78 is 31.4. The summed E-state index contributed by atoms with van der Waals surface area (Å²) >= 11 is 0. The fraction of sp³-hybridized carbons (Fsp3) is 0.214. The highest BCUT2D eigenvalue weighted by atomic mass is 19.1. The molecule has 1 aliphatic rings. The van der Waals surface area contributed by atoms with E-state index in [0.717, 1.165) is 0 Å². The van der Waals surface area contributed by atoms with Crippen LogP contribution in [-0.2, 0) is 4.74 Å². The molecular weight excluding hydrogens is 491 g/mol. The molecule has 1 saturated heterocycles. The predicted octanol–water partition coefficient (Wildman–Crippen LogP) is 3.47. The van der Waals surface area contributed by atoms with Gasteiger partial charge in [-0.25, -0.2) is 9.37 Å². The van der Waals surface area contributed by atoms with Crippen LogP contribution in [0, 0.1) is 5.82 Å². The summed E-state index contributed by atoms with van der Waals surface area (Å²) in [5.41, 5.74) is 7.65. The van der Waals surface area contributed by atoms with Crippen molar-refractivity contribution in [1.29, 1.82) is 0 Å². The molecule has 1 fully saturated rings. The van der Waals surface area contributed by atoms with Gasteiger partial charge in [0.1, 0.15) is 24.7 Å². The second-order valence-electron chi connectivity index (χ2n) is 8.59. The number of benzene rings is 2. The molecule has 0 saturated carbocycles. The molecule has 0 aliphatic carbocycles. The van der Waals surface area contributed by atoms with Gasteiger partial charge < -0.3 is 24.8 Å². The molecule has 1 aliphatic heterocycles. The number of hydrogen-bond donors (Lipinski definition) is 1. The molecule has 0 radical (unpaired) electrons. The van der Waals surface area contributed by atoms with Gasteiger partial charge in [0, 0.05) is 42.0 Å². The minimum atomic E-state index is -0.649. The Morgan fingerprint density at radius 2 is 1.74 bits per heavy atom. The third-order valence-electron chi connectivity index (χ3n) is 6.10. The van der Waals surface area contributed by atoms with Crippen LogP contribution < -0.4 is 15.2 Å². The van der Waals surface area contributed by atoms with Gasteiger partial charge in [-0.3, -0.25) is 14.6 Å². The Morgan fingerprint density at radius 3 is 2.47 bits per heavy atom. The first-order valence-corrected chi connectivity index (χ1v) is 12.1. The molecule has 5 rings (SSSR count). The molecule has 2 aromatic carbocycles. The second kappa shape index (κ2) is 11.2. The lowest BCUT2D eigenvalue weighted by molar-refractivity contribution is 0.0303. The Balaban J connectivity index is 1.18. The van der Waals surface area contributed by atoms with Gasteiger partial charge in [-0.1, -0.05) is 6.07 Å². The molecule has 9 nitrogen and oxygen atoms in total. The van der Waals surface area contributed by atoms with Crippen molar-refractivity contribution in [3.05, 3.63) is 84.1 Å². The van der Waals surface area contributed by atoms with Crippen LogP contribution in [0.4, 0.5) is 4.39 Å². The van der Waals surface area contributed by atoms with Gasteiger partial charge in [-0.05, 0) is 54.1 Å². The van der Waals surface area contributed by atoms with Crippen LogP contribution in [0.2, 0.25) is 0 Å². The van der Waals surface area contributed by atoms with E-state index >= 15 is 0 Å². The Bertz CT molecular complexity index is 1470. The summed E-state index contributed by atoms with van der Waals surface area (Å²) in [5, 5.41) is 0.698. The van der Waals surface area contributed by atoms with Gasteiger partial charge in [-0.2, -0.15) is 0 Å². The molecule has 3 heterocycles. The van der Waals surface area contributed by atoms with Crippen molar-refractivity contribution < 1.29 is 28.2 Å². The van der Waals surface area contributed by atoms with E-state index < -0.39 is 11.7 Å². The minimum Gasteiger partial charge on any atom is -0.490 e. The van der Waals surface area contributed by atoms with Crippen LogP contribution in [0.1, 0.15) is 20.8 Å². The fourth-order valence-corrected chi connectivity index (χ4v) is 4.13. The van der Waals surface area contributed by atoms with Gasteiger partial charge in [0.15, 0.2) is 11.6 Å². The van der Waals surface area contributed by atoms with E-state index in [2.05, 4.69) is 9.97 Å². The molecule has 2 N–H and O–H groups in total. The SMILES string of the molecule is NC(=O)c1ccc2cncc(-c3ccc(OCCOc4ccc(C(=O)N5CCOCC5)cc4)c(F)c3)c2n1. The lowest BCUT2D eigenvalue weighted by Crippen LogP contribution is -2.40. The quantitative estimate of drug-likeness (QED) is 0.357. The number of carbonyl (C=O) groups is 2. The van der Waals surface area contributed by atoms with E-state index in [-0.39, 0.29) is 30.6 Å². The molecule has 4 aromatic rings. The lowest BCUT2D eigenvalue weighted by Gasteiger charge is -2.26. The predicted molar refractivity (Wildman–Crippen MR) is 138 cm³/mol. The monoisotopic (exact) mass is 516 g/mol. The Morgan fingerprint density at radius 1 is 0.974 bits per heavy atom. The molecule has 10 heteroatoms. The van der Waals surface area contributed by atoms with E-state index in [1.807, 2.05) is 0 Å². The average molecular weight is 517 g/mol. The van der Waals surface area contributed by atoms with Crippen LogP contribution >= 0.6 is 0 Å². The molecule has 0 atom stereocenters. The summed E-state index contributed by atoms with van der Waals surface area (Å²) in [4.78, 5) is 34.4. The number of fused-ring (bicyclic) bond motifs is 1. The Hall–Kier alpha value is -4.57. The Labute approximate surface area is 218 Å². The summed E-state index contributed by atoms with van der Waals surface area (Å²) in [7, 11) is 0.